The second-order valence-corrected chi connectivity index (χ2v) is 19.9. The second kappa shape index (κ2) is 16.9. The zero-order valence-electron chi connectivity index (χ0n) is 36.3. The molecule has 15 heteroatoms. The highest BCUT2D eigenvalue weighted by Gasteiger charge is 2.42. The minimum Gasteiger partial charge on any atom is -0.469 e. The lowest BCUT2D eigenvalue weighted by Crippen LogP contribution is -2.51. The van der Waals surface area contributed by atoms with Crippen LogP contribution in [0.5, 0.6) is 0 Å². The van der Waals surface area contributed by atoms with Crippen molar-refractivity contribution < 1.29 is 28.7 Å². The minimum atomic E-state index is -0.698. The number of carbonyl (C=O) groups is 4. The van der Waals surface area contributed by atoms with Crippen LogP contribution in [0.4, 0.5) is 4.79 Å². The van der Waals surface area contributed by atoms with Crippen molar-refractivity contribution in [1.82, 2.24) is 34.6 Å². The summed E-state index contributed by atoms with van der Waals surface area (Å²) in [6.07, 6.45) is 1.04. The van der Waals surface area contributed by atoms with Crippen molar-refractivity contribution in [1.29, 1.82) is 0 Å². The van der Waals surface area contributed by atoms with Gasteiger partial charge in [0.05, 0.1) is 60.7 Å². The number of rotatable bonds is 11. The average molecular weight is 866 g/mol. The van der Waals surface area contributed by atoms with E-state index < -0.39 is 18.1 Å². The molecule has 3 amide bonds. The maximum atomic E-state index is 14.0. The molecule has 2 aliphatic heterocycles. The van der Waals surface area contributed by atoms with Crippen LogP contribution in [0.3, 0.4) is 0 Å². The number of hydrogen-bond acceptors (Lipinski definition) is 10. The van der Waals surface area contributed by atoms with Gasteiger partial charge in [-0.1, -0.05) is 53.7 Å². The Morgan fingerprint density at radius 2 is 1.39 bits per heavy atom. The number of likely N-dealkylation sites (tertiary alicyclic amines) is 2. The number of ether oxygens (including phenoxy) is 2. The monoisotopic (exact) mass is 865 g/mol. The number of esters is 1. The maximum absolute atomic E-state index is 14.0. The van der Waals surface area contributed by atoms with E-state index in [9.17, 15) is 19.2 Å². The van der Waals surface area contributed by atoms with Gasteiger partial charge in [-0.2, -0.15) is 0 Å². The summed E-state index contributed by atoms with van der Waals surface area (Å²) in [6, 6.07) is 16.1. The number of thiophene rings is 2. The van der Waals surface area contributed by atoms with Crippen molar-refractivity contribution >= 4 is 78.0 Å². The fraction of sp³-hybridized carbons (Fsp3) is 0.478. The van der Waals surface area contributed by atoms with Crippen LogP contribution in [-0.4, -0.2) is 86.5 Å². The number of alkyl carbamates (subject to hydrolysis) is 1. The number of carbonyl (C=O) groups excluding carboxylic acids is 4. The van der Waals surface area contributed by atoms with Crippen LogP contribution in [0.15, 0.2) is 48.5 Å². The second-order valence-electron chi connectivity index (χ2n) is 17.7. The molecule has 0 bridgehead atoms. The Balaban J connectivity index is 1.02. The number of methoxy groups -OCH3 is 2. The first-order valence-electron chi connectivity index (χ1n) is 21.2. The number of imidazole rings is 2. The lowest BCUT2D eigenvalue weighted by atomic mass is 9.90. The molecule has 6 aromatic rings. The fourth-order valence-corrected chi connectivity index (χ4v) is 11.6. The van der Waals surface area contributed by atoms with E-state index in [-0.39, 0.29) is 54.0 Å². The molecule has 2 N–H and O–H groups in total. The van der Waals surface area contributed by atoms with E-state index in [1.807, 2.05) is 50.6 Å². The zero-order valence-corrected chi connectivity index (χ0v) is 37.9. The highest BCUT2D eigenvalue weighted by atomic mass is 32.1. The lowest BCUT2D eigenvalue weighted by Gasteiger charge is -2.30. The molecule has 322 valence electrons. The largest absolute Gasteiger partial charge is 0.469 e. The molecule has 8 rings (SSSR count). The first-order valence-corrected chi connectivity index (χ1v) is 22.8. The molecule has 2 aliphatic rings. The summed E-state index contributed by atoms with van der Waals surface area (Å²) in [5.74, 6) is 1.12. The Kier molecular flexibility index (Phi) is 11.7. The molecule has 61 heavy (non-hydrogen) atoms. The fourth-order valence-electron chi connectivity index (χ4n) is 9.17. The summed E-state index contributed by atoms with van der Waals surface area (Å²) >= 11 is 3.52. The zero-order chi connectivity index (χ0) is 43.4. The standard InChI is InChI=1S/C46H55N7O6S2/c1-23(2)29(18-40(54)58-8)44(55)53-22-26(6)15-35(53)43-49-31-13-11-28(17-33(31)51(43)7)37-20-39-38(61-37)19-36(60-39)27-10-12-30-32(16-27)48-42(47-30)34-14-25(5)21-52(34)45(56)41(24(3)4)50-46(57)59-9/h10-13,16-17,19-20,23-26,29,34-35,41H,14-15,18,21-22H2,1-9H3,(H,47,48)(H,50,57)/t25-,26-,29-,34-,35-,41-/m0/s1. The summed E-state index contributed by atoms with van der Waals surface area (Å²) in [5, 5.41) is 2.73. The van der Waals surface area contributed by atoms with E-state index in [1.165, 1.54) is 28.5 Å². The first-order chi connectivity index (χ1) is 29.1. The van der Waals surface area contributed by atoms with Crippen LogP contribution in [0, 0.1) is 29.6 Å². The summed E-state index contributed by atoms with van der Waals surface area (Å²) in [7, 11) is 4.70. The highest BCUT2D eigenvalue weighted by Crippen LogP contribution is 2.44. The Hall–Kier alpha value is -5.28. The number of aromatic amines is 1. The van der Waals surface area contributed by atoms with E-state index in [0.717, 1.165) is 62.6 Å². The van der Waals surface area contributed by atoms with Crippen molar-refractivity contribution in [2.75, 3.05) is 27.3 Å². The van der Waals surface area contributed by atoms with Crippen LogP contribution in [0.2, 0.25) is 0 Å². The van der Waals surface area contributed by atoms with Crippen molar-refractivity contribution in [2.24, 2.45) is 36.6 Å². The Labute approximate surface area is 363 Å². The molecule has 4 aromatic heterocycles. The number of benzene rings is 2. The Morgan fingerprint density at radius 3 is 2.00 bits per heavy atom. The van der Waals surface area contributed by atoms with Gasteiger partial charge in [0.15, 0.2) is 0 Å². The topological polar surface area (TPSA) is 152 Å². The van der Waals surface area contributed by atoms with Gasteiger partial charge in [-0.05, 0) is 84.0 Å². The van der Waals surface area contributed by atoms with Gasteiger partial charge in [0.2, 0.25) is 11.8 Å². The van der Waals surface area contributed by atoms with Crippen LogP contribution >= 0.6 is 22.7 Å². The minimum absolute atomic E-state index is 0.00313. The van der Waals surface area contributed by atoms with Crippen molar-refractivity contribution in [3.05, 3.63) is 60.2 Å². The predicted octanol–water partition coefficient (Wildman–Crippen LogP) is 9.09. The molecule has 0 unspecified atom stereocenters. The molecule has 2 saturated heterocycles. The Morgan fingerprint density at radius 1 is 0.787 bits per heavy atom. The third kappa shape index (κ3) is 8.14. The Bertz CT molecular complexity index is 2610. The number of fused-ring (bicyclic) bond motifs is 3. The molecule has 13 nitrogen and oxygen atoms in total. The predicted molar refractivity (Wildman–Crippen MR) is 240 cm³/mol. The molecular formula is C46H55N7O6S2. The van der Waals surface area contributed by atoms with E-state index in [4.69, 9.17) is 19.4 Å². The number of aryl methyl sites for hydroxylation is 1. The van der Waals surface area contributed by atoms with Gasteiger partial charge in [-0.15, -0.1) is 22.7 Å². The number of hydrogen-bond donors (Lipinski definition) is 2. The lowest BCUT2D eigenvalue weighted by molar-refractivity contribution is -0.148. The van der Waals surface area contributed by atoms with Crippen LogP contribution in [0.25, 0.3) is 52.3 Å². The molecule has 6 atom stereocenters. The smallest absolute Gasteiger partial charge is 0.407 e. The quantitative estimate of drug-likeness (QED) is 0.122. The van der Waals surface area contributed by atoms with Gasteiger partial charge in [-0.3, -0.25) is 14.4 Å². The van der Waals surface area contributed by atoms with Gasteiger partial charge in [0, 0.05) is 39.3 Å². The van der Waals surface area contributed by atoms with E-state index in [1.54, 1.807) is 22.7 Å². The van der Waals surface area contributed by atoms with E-state index in [2.05, 4.69) is 71.2 Å². The first kappa shape index (κ1) is 42.4. The number of amides is 3. The molecular weight excluding hydrogens is 811 g/mol. The number of nitrogens with one attached hydrogen (secondary N) is 2. The van der Waals surface area contributed by atoms with E-state index >= 15 is 0 Å². The van der Waals surface area contributed by atoms with Crippen molar-refractivity contribution in [2.45, 2.75) is 78.9 Å². The van der Waals surface area contributed by atoms with Gasteiger partial charge >= 0.3 is 12.1 Å². The van der Waals surface area contributed by atoms with Gasteiger partial charge < -0.3 is 34.1 Å². The number of H-pyrrole nitrogens is 1. The molecule has 2 aromatic carbocycles. The van der Waals surface area contributed by atoms with Crippen molar-refractivity contribution in [3.63, 3.8) is 0 Å². The van der Waals surface area contributed by atoms with Gasteiger partial charge in [0.25, 0.3) is 0 Å². The van der Waals surface area contributed by atoms with Crippen LogP contribution < -0.4 is 5.32 Å². The summed E-state index contributed by atoms with van der Waals surface area (Å²) in [5.41, 5.74) is 5.86. The number of aromatic nitrogens is 4. The summed E-state index contributed by atoms with van der Waals surface area (Å²) < 4.78 is 14.3. The molecule has 0 radical (unpaired) electrons. The maximum Gasteiger partial charge on any atom is 0.407 e. The third-order valence-electron chi connectivity index (χ3n) is 12.5. The van der Waals surface area contributed by atoms with E-state index in [0.29, 0.717) is 19.0 Å². The summed E-state index contributed by atoms with van der Waals surface area (Å²) in [4.78, 5) is 71.8. The normalized spacial score (nSPS) is 20.4. The van der Waals surface area contributed by atoms with Gasteiger partial charge in [0.1, 0.15) is 17.7 Å². The number of nitrogens with zero attached hydrogens (tertiary/aromatic N) is 5. The molecule has 0 spiro atoms. The summed E-state index contributed by atoms with van der Waals surface area (Å²) in [6.45, 7) is 13.3. The molecule has 6 heterocycles. The van der Waals surface area contributed by atoms with Crippen LogP contribution in [0.1, 0.15) is 84.5 Å². The molecule has 0 aliphatic carbocycles. The SMILES string of the molecule is COC(=O)C[C@H](C(=O)N1C[C@@H](C)C[C@H]1c1nc2ccc(-c3cc4sc(-c5ccc6nc([C@@H]7C[C@H](C)CN7C(=O)[C@@H](NC(=O)OC)C(C)C)[nH]c6c5)cc4s3)cc2n1C)C(C)C. The van der Waals surface area contributed by atoms with Crippen molar-refractivity contribution in [3.8, 4) is 20.9 Å². The van der Waals surface area contributed by atoms with Crippen LogP contribution in [-0.2, 0) is 30.9 Å². The molecule has 2 fully saturated rings. The third-order valence-corrected chi connectivity index (χ3v) is 14.9. The average Bonchev–Trinajstić information content (AvgIpc) is 4.09. The molecule has 0 saturated carbocycles. The highest BCUT2D eigenvalue weighted by molar-refractivity contribution is 7.31. The van der Waals surface area contributed by atoms with Gasteiger partial charge in [-0.25, -0.2) is 14.8 Å².